The van der Waals surface area contributed by atoms with Crippen LogP contribution in [0.25, 0.3) is 0 Å². The number of hydrogen-bond acceptors (Lipinski definition) is 3. The normalized spacial score (nSPS) is 12.8. The zero-order valence-electron chi connectivity index (χ0n) is 11.0. The van der Waals surface area contributed by atoms with E-state index in [1.54, 1.807) is 18.2 Å². The van der Waals surface area contributed by atoms with Crippen molar-refractivity contribution < 1.29 is 9.13 Å². The second-order valence-electron chi connectivity index (χ2n) is 4.38. The first kappa shape index (κ1) is 13.9. The summed E-state index contributed by atoms with van der Waals surface area (Å²) in [5.41, 5.74) is 0.635. The lowest BCUT2D eigenvalue weighted by atomic mass is 10.2. The molecule has 0 aliphatic rings. The number of nitrogens with one attached hydrogen (secondary N) is 1. The number of rotatable bonds is 6. The van der Waals surface area contributed by atoms with Crippen molar-refractivity contribution in [2.24, 2.45) is 0 Å². The van der Waals surface area contributed by atoms with E-state index in [2.05, 4.69) is 17.1 Å². The average molecular weight is 240 g/mol. The Morgan fingerprint density at radius 1 is 1.41 bits per heavy atom. The summed E-state index contributed by atoms with van der Waals surface area (Å²) < 4.78 is 18.7. The van der Waals surface area contributed by atoms with Crippen LogP contribution in [-0.2, 0) is 6.54 Å². The Morgan fingerprint density at radius 2 is 2.12 bits per heavy atom. The first-order valence-corrected chi connectivity index (χ1v) is 5.74. The number of likely N-dealkylation sites (N-methyl/N-ethyl adjacent to an activating group) is 1. The number of hydrogen-bond donors (Lipinski definition) is 1. The molecule has 3 nitrogen and oxygen atoms in total. The molecule has 4 heteroatoms. The highest BCUT2D eigenvalue weighted by molar-refractivity contribution is 5.30. The minimum atomic E-state index is -0.278. The van der Waals surface area contributed by atoms with Crippen LogP contribution in [0.3, 0.4) is 0 Å². The Hall–Kier alpha value is -1.13. The van der Waals surface area contributed by atoms with Crippen LogP contribution < -0.4 is 10.1 Å². The summed E-state index contributed by atoms with van der Waals surface area (Å²) in [6.07, 6.45) is 0. The smallest absolute Gasteiger partial charge is 0.169 e. The second-order valence-corrected chi connectivity index (χ2v) is 4.38. The van der Waals surface area contributed by atoms with Crippen LogP contribution in [0.1, 0.15) is 12.5 Å². The molecule has 1 atom stereocenters. The van der Waals surface area contributed by atoms with E-state index in [-0.39, 0.29) is 5.82 Å². The van der Waals surface area contributed by atoms with Gasteiger partial charge in [-0.25, -0.2) is 4.39 Å². The van der Waals surface area contributed by atoms with Crippen molar-refractivity contribution >= 4 is 0 Å². The summed E-state index contributed by atoms with van der Waals surface area (Å²) in [4.78, 5) is 2.12. The summed E-state index contributed by atoms with van der Waals surface area (Å²) >= 11 is 0. The molecule has 1 aromatic carbocycles. The topological polar surface area (TPSA) is 24.5 Å². The zero-order chi connectivity index (χ0) is 12.8. The SMILES string of the molecule is COc1cccc(CNCC(C)N(C)C)c1F. The molecule has 0 amide bonds. The number of nitrogens with zero attached hydrogens (tertiary/aromatic N) is 1. The van der Waals surface area contributed by atoms with Crippen LogP contribution in [0.15, 0.2) is 18.2 Å². The molecule has 0 heterocycles. The highest BCUT2D eigenvalue weighted by Gasteiger charge is 2.09. The van der Waals surface area contributed by atoms with Crippen LogP contribution in [0.5, 0.6) is 5.75 Å². The minimum Gasteiger partial charge on any atom is -0.494 e. The van der Waals surface area contributed by atoms with Gasteiger partial charge >= 0.3 is 0 Å². The lowest BCUT2D eigenvalue weighted by molar-refractivity contribution is 0.302. The molecule has 1 rings (SSSR count). The van der Waals surface area contributed by atoms with Gasteiger partial charge in [0.1, 0.15) is 0 Å². The van der Waals surface area contributed by atoms with Crippen LogP contribution >= 0.6 is 0 Å². The Labute approximate surface area is 103 Å². The first-order chi connectivity index (χ1) is 8.06. The van der Waals surface area contributed by atoms with Gasteiger partial charge in [-0.1, -0.05) is 12.1 Å². The highest BCUT2D eigenvalue weighted by Crippen LogP contribution is 2.19. The molecular weight excluding hydrogens is 219 g/mol. The first-order valence-electron chi connectivity index (χ1n) is 5.74. The van der Waals surface area contributed by atoms with Gasteiger partial charge in [-0.15, -0.1) is 0 Å². The second kappa shape index (κ2) is 6.57. The van der Waals surface area contributed by atoms with E-state index in [1.165, 1.54) is 7.11 Å². The Bertz CT molecular complexity index is 355. The molecule has 1 N–H and O–H groups in total. The number of ether oxygens (including phenoxy) is 1. The molecule has 0 fully saturated rings. The molecule has 0 saturated heterocycles. The standard InChI is InChI=1S/C13H21FN2O/c1-10(16(2)3)8-15-9-11-6-5-7-12(17-4)13(11)14/h5-7,10,15H,8-9H2,1-4H3. The predicted octanol–water partition coefficient (Wildman–Crippen LogP) is 1.87. The van der Waals surface area contributed by atoms with Gasteiger partial charge in [0.15, 0.2) is 11.6 Å². The van der Waals surface area contributed by atoms with Crippen molar-refractivity contribution in [3.05, 3.63) is 29.6 Å². The van der Waals surface area contributed by atoms with Gasteiger partial charge in [0, 0.05) is 24.7 Å². The predicted molar refractivity (Wildman–Crippen MR) is 67.8 cm³/mol. The van der Waals surface area contributed by atoms with E-state index in [9.17, 15) is 4.39 Å². The third-order valence-corrected chi connectivity index (χ3v) is 2.90. The Kier molecular flexibility index (Phi) is 5.38. The highest BCUT2D eigenvalue weighted by atomic mass is 19.1. The fraction of sp³-hybridized carbons (Fsp3) is 0.538. The Balaban J connectivity index is 2.52. The molecule has 0 bridgehead atoms. The van der Waals surface area contributed by atoms with E-state index in [0.29, 0.717) is 23.9 Å². The molecule has 0 saturated carbocycles. The molecule has 0 radical (unpaired) electrons. The summed E-state index contributed by atoms with van der Waals surface area (Å²) in [6, 6.07) is 5.62. The van der Waals surface area contributed by atoms with Gasteiger partial charge in [-0.05, 0) is 27.1 Å². The van der Waals surface area contributed by atoms with E-state index in [0.717, 1.165) is 6.54 Å². The van der Waals surface area contributed by atoms with Crippen molar-refractivity contribution in [1.29, 1.82) is 0 Å². The molecular formula is C13H21FN2O. The Morgan fingerprint density at radius 3 is 2.71 bits per heavy atom. The van der Waals surface area contributed by atoms with Crippen molar-refractivity contribution in [2.45, 2.75) is 19.5 Å². The monoisotopic (exact) mass is 240 g/mol. The molecule has 0 aliphatic carbocycles. The van der Waals surface area contributed by atoms with Crippen LogP contribution in [0, 0.1) is 5.82 Å². The largest absolute Gasteiger partial charge is 0.494 e. The average Bonchev–Trinajstić information content (AvgIpc) is 2.31. The van der Waals surface area contributed by atoms with Crippen LogP contribution in [0.2, 0.25) is 0 Å². The van der Waals surface area contributed by atoms with Gasteiger partial charge in [0.2, 0.25) is 0 Å². The number of benzene rings is 1. The molecule has 1 aromatic rings. The maximum Gasteiger partial charge on any atom is 0.169 e. The molecule has 17 heavy (non-hydrogen) atoms. The molecule has 1 unspecified atom stereocenters. The fourth-order valence-electron chi connectivity index (χ4n) is 1.45. The molecule has 0 spiro atoms. The van der Waals surface area contributed by atoms with Gasteiger partial charge in [-0.3, -0.25) is 0 Å². The number of methoxy groups -OCH3 is 1. The van der Waals surface area contributed by atoms with Gasteiger partial charge in [0.05, 0.1) is 7.11 Å². The van der Waals surface area contributed by atoms with Crippen molar-refractivity contribution in [1.82, 2.24) is 10.2 Å². The number of halogens is 1. The summed E-state index contributed by atoms with van der Waals surface area (Å²) in [5, 5.41) is 3.24. The van der Waals surface area contributed by atoms with Crippen molar-refractivity contribution in [3.63, 3.8) is 0 Å². The molecule has 0 aromatic heterocycles. The fourth-order valence-corrected chi connectivity index (χ4v) is 1.45. The quantitative estimate of drug-likeness (QED) is 0.821. The summed E-state index contributed by atoms with van der Waals surface area (Å²) in [6.45, 7) is 3.46. The van der Waals surface area contributed by atoms with Crippen LogP contribution in [-0.4, -0.2) is 38.7 Å². The summed E-state index contributed by atoms with van der Waals surface area (Å²) in [5.74, 6) is 0.0185. The lowest BCUT2D eigenvalue weighted by Gasteiger charge is -2.20. The lowest BCUT2D eigenvalue weighted by Crippen LogP contribution is -2.35. The van der Waals surface area contributed by atoms with Gasteiger partial charge in [-0.2, -0.15) is 0 Å². The maximum atomic E-state index is 13.8. The van der Waals surface area contributed by atoms with Crippen LogP contribution in [0.4, 0.5) is 4.39 Å². The minimum absolute atomic E-state index is 0.278. The van der Waals surface area contributed by atoms with Gasteiger partial charge < -0.3 is 15.0 Å². The van der Waals surface area contributed by atoms with Crippen molar-refractivity contribution in [3.8, 4) is 5.75 Å². The maximum absolute atomic E-state index is 13.8. The summed E-state index contributed by atoms with van der Waals surface area (Å²) in [7, 11) is 5.53. The van der Waals surface area contributed by atoms with Crippen molar-refractivity contribution in [2.75, 3.05) is 27.7 Å². The van der Waals surface area contributed by atoms with E-state index >= 15 is 0 Å². The zero-order valence-corrected chi connectivity index (χ0v) is 11.0. The van der Waals surface area contributed by atoms with E-state index in [4.69, 9.17) is 4.74 Å². The van der Waals surface area contributed by atoms with Gasteiger partial charge in [0.25, 0.3) is 0 Å². The molecule has 96 valence electrons. The molecule has 0 aliphatic heterocycles. The van der Waals surface area contributed by atoms with E-state index < -0.39 is 0 Å². The third-order valence-electron chi connectivity index (χ3n) is 2.90. The third kappa shape index (κ3) is 3.98. The van der Waals surface area contributed by atoms with E-state index in [1.807, 2.05) is 14.1 Å².